The van der Waals surface area contributed by atoms with Crippen molar-refractivity contribution < 1.29 is 27.5 Å². The molecule has 1 aliphatic carbocycles. The first-order valence-electron chi connectivity index (χ1n) is 11.7. The summed E-state index contributed by atoms with van der Waals surface area (Å²) in [6.07, 6.45) is 6.92. The summed E-state index contributed by atoms with van der Waals surface area (Å²) < 4.78 is 34.8. The fraction of sp³-hybridized carbons (Fsp3) is 0.357. The smallest absolute Gasteiger partial charge is 0.341 e. The highest BCUT2D eigenvalue weighted by Gasteiger charge is 2.26. The van der Waals surface area contributed by atoms with Crippen LogP contribution in [-0.4, -0.2) is 33.2 Å². The largest absolute Gasteiger partial charge is 0.462 e. The van der Waals surface area contributed by atoms with Gasteiger partial charge in [-0.2, -0.15) is 0 Å². The van der Waals surface area contributed by atoms with Gasteiger partial charge in [-0.25, -0.2) is 13.2 Å². The first-order valence-corrected chi connectivity index (χ1v) is 13.5. The Morgan fingerprint density at radius 3 is 2.34 bits per heavy atom. The summed E-state index contributed by atoms with van der Waals surface area (Å²) in [5.41, 5.74) is 4.02. The molecule has 2 aromatic rings. The number of esters is 2. The molecule has 0 fully saturated rings. The summed E-state index contributed by atoms with van der Waals surface area (Å²) in [7, 11) is -3.32. The Bertz CT molecular complexity index is 1320. The van der Waals surface area contributed by atoms with E-state index in [0.717, 1.165) is 40.7 Å². The highest BCUT2D eigenvalue weighted by Crippen LogP contribution is 2.40. The number of carbonyl (C=O) groups is 2. The van der Waals surface area contributed by atoms with Crippen LogP contribution in [0.5, 0.6) is 5.75 Å². The third-order valence-electron chi connectivity index (χ3n) is 5.56. The number of rotatable bonds is 7. The molecule has 0 bridgehead atoms. The highest BCUT2D eigenvalue weighted by atomic mass is 32.2. The van der Waals surface area contributed by atoms with E-state index in [1.54, 1.807) is 58.0 Å². The van der Waals surface area contributed by atoms with Crippen molar-refractivity contribution in [1.82, 2.24) is 0 Å². The summed E-state index contributed by atoms with van der Waals surface area (Å²) in [6.45, 7) is 9.22. The molecule has 2 aromatic carbocycles. The summed E-state index contributed by atoms with van der Waals surface area (Å²) in [5.74, 6) is -0.869. The fourth-order valence-electron chi connectivity index (χ4n) is 3.74. The van der Waals surface area contributed by atoms with Gasteiger partial charge >= 0.3 is 11.9 Å². The van der Waals surface area contributed by atoms with Crippen LogP contribution in [0.25, 0.3) is 17.7 Å². The topological polar surface area (TPSA) is 86.7 Å². The Morgan fingerprint density at radius 1 is 1.03 bits per heavy atom. The fourth-order valence-corrected chi connectivity index (χ4v) is 4.39. The van der Waals surface area contributed by atoms with Gasteiger partial charge in [-0.3, -0.25) is 4.79 Å². The Morgan fingerprint density at radius 2 is 1.74 bits per heavy atom. The first kappa shape index (κ1) is 26.4. The maximum Gasteiger partial charge on any atom is 0.341 e. The quantitative estimate of drug-likeness (QED) is 0.347. The van der Waals surface area contributed by atoms with E-state index in [2.05, 4.69) is 6.92 Å². The van der Waals surface area contributed by atoms with Crippen LogP contribution in [-0.2, 0) is 19.4 Å². The van der Waals surface area contributed by atoms with E-state index in [1.807, 2.05) is 18.2 Å². The van der Waals surface area contributed by atoms with Crippen LogP contribution in [0.4, 0.5) is 0 Å². The van der Waals surface area contributed by atoms with Gasteiger partial charge in [-0.1, -0.05) is 31.6 Å². The molecule has 0 aromatic heterocycles. The lowest BCUT2D eigenvalue weighted by molar-refractivity contribution is -0.143. The van der Waals surface area contributed by atoms with Crippen molar-refractivity contribution in [2.45, 2.75) is 52.4 Å². The van der Waals surface area contributed by atoms with E-state index < -0.39 is 27.2 Å². The number of hydrogen-bond acceptors (Lipinski definition) is 6. The van der Waals surface area contributed by atoms with Crippen molar-refractivity contribution in [2.24, 2.45) is 5.41 Å². The number of hydrogen-bond donors (Lipinski definition) is 0. The van der Waals surface area contributed by atoms with E-state index in [4.69, 9.17) is 9.47 Å². The second-order valence-electron chi connectivity index (χ2n) is 9.61. The normalized spacial score (nSPS) is 14.5. The van der Waals surface area contributed by atoms with Crippen LogP contribution in [0.1, 0.15) is 74.5 Å². The third kappa shape index (κ3) is 6.09. The van der Waals surface area contributed by atoms with Gasteiger partial charge < -0.3 is 9.47 Å². The Labute approximate surface area is 207 Å². The molecular weight excluding hydrogens is 464 g/mol. The monoisotopic (exact) mass is 496 g/mol. The van der Waals surface area contributed by atoms with Crippen LogP contribution in [0.15, 0.2) is 46.9 Å². The molecule has 0 unspecified atom stereocenters. The van der Waals surface area contributed by atoms with E-state index >= 15 is 0 Å². The average Bonchev–Trinajstić information content (AvgIpc) is 3.10. The minimum absolute atomic E-state index is 0.152. The van der Waals surface area contributed by atoms with Crippen LogP contribution >= 0.6 is 0 Å². The molecule has 7 heteroatoms. The van der Waals surface area contributed by atoms with E-state index in [-0.39, 0.29) is 22.8 Å². The van der Waals surface area contributed by atoms with Gasteiger partial charge in [0.15, 0.2) is 9.84 Å². The summed E-state index contributed by atoms with van der Waals surface area (Å²) in [6, 6.07) is 10.2. The molecule has 0 saturated carbocycles. The second kappa shape index (κ2) is 10.2. The summed E-state index contributed by atoms with van der Waals surface area (Å²) in [5, 5.41) is 0. The maximum atomic E-state index is 12.7. The molecule has 186 valence electrons. The highest BCUT2D eigenvalue weighted by molar-refractivity contribution is 7.90. The number of carbonyl (C=O) groups excluding carboxylic acids is 2. The molecule has 35 heavy (non-hydrogen) atoms. The van der Waals surface area contributed by atoms with Crippen LogP contribution in [0, 0.1) is 5.41 Å². The van der Waals surface area contributed by atoms with Crippen molar-refractivity contribution in [1.29, 1.82) is 0 Å². The molecule has 0 saturated heterocycles. The van der Waals surface area contributed by atoms with Gasteiger partial charge in [0.25, 0.3) is 0 Å². The Hall–Kier alpha value is -3.19. The molecule has 0 aliphatic heterocycles. The lowest BCUT2D eigenvalue weighted by atomic mass is 9.96. The predicted molar refractivity (Wildman–Crippen MR) is 138 cm³/mol. The number of sulfone groups is 1. The minimum Gasteiger partial charge on any atom is -0.462 e. The molecule has 0 radical (unpaired) electrons. The van der Waals surface area contributed by atoms with Crippen molar-refractivity contribution >= 4 is 39.5 Å². The third-order valence-corrected chi connectivity index (χ3v) is 6.67. The van der Waals surface area contributed by atoms with Crippen molar-refractivity contribution in [3.63, 3.8) is 0 Å². The lowest BCUT2D eigenvalue weighted by Crippen LogP contribution is -2.26. The molecule has 3 rings (SSSR count). The van der Waals surface area contributed by atoms with Gasteiger partial charge in [-0.05, 0) is 92.3 Å². The van der Waals surface area contributed by atoms with Crippen LogP contribution in [0.2, 0.25) is 0 Å². The average molecular weight is 497 g/mol. The van der Waals surface area contributed by atoms with E-state index in [9.17, 15) is 18.0 Å². The number of ether oxygens (including phenoxy) is 2. The summed E-state index contributed by atoms with van der Waals surface area (Å²) in [4.78, 5) is 25.4. The SMILES string of the molecule is CCCC1=Cc2cc(S(C)(=O)=O)ccc2/C1=C\c1ccc(OC(=O)C(C)(C)C)c(C(=O)OCC)c1. The molecular formula is C28H32O6S. The van der Waals surface area contributed by atoms with Crippen LogP contribution in [0.3, 0.4) is 0 Å². The van der Waals surface area contributed by atoms with Gasteiger partial charge in [0.1, 0.15) is 11.3 Å². The van der Waals surface area contributed by atoms with Gasteiger partial charge in [0.05, 0.1) is 16.9 Å². The number of fused-ring (bicyclic) bond motifs is 1. The first-order chi connectivity index (χ1) is 16.3. The molecule has 0 amide bonds. The number of allylic oxidation sites excluding steroid dienone is 2. The Kier molecular flexibility index (Phi) is 7.70. The zero-order chi connectivity index (χ0) is 26.0. The minimum atomic E-state index is -3.32. The molecule has 6 nitrogen and oxygen atoms in total. The molecule has 0 spiro atoms. The van der Waals surface area contributed by atoms with Crippen molar-refractivity contribution in [3.05, 3.63) is 64.2 Å². The lowest BCUT2D eigenvalue weighted by Gasteiger charge is -2.18. The van der Waals surface area contributed by atoms with E-state index in [1.165, 1.54) is 6.26 Å². The number of benzene rings is 2. The molecule has 0 heterocycles. The zero-order valence-electron chi connectivity index (χ0n) is 21.1. The van der Waals surface area contributed by atoms with Crippen LogP contribution < -0.4 is 4.74 Å². The van der Waals surface area contributed by atoms with Gasteiger partial charge in [0.2, 0.25) is 0 Å². The molecule has 0 N–H and O–H groups in total. The zero-order valence-corrected chi connectivity index (χ0v) is 21.9. The standard InChI is InChI=1S/C28H32O6S/c1-7-9-19-16-20-17-21(35(6,31)32)11-12-22(20)23(19)14-18-10-13-25(34-27(30)28(3,4)5)24(15-18)26(29)33-8-2/h10-17H,7-9H2,1-6H3/b23-14-. The van der Waals surface area contributed by atoms with Crippen molar-refractivity contribution in [3.8, 4) is 5.75 Å². The molecule has 0 atom stereocenters. The maximum absolute atomic E-state index is 12.7. The second-order valence-corrected chi connectivity index (χ2v) is 11.6. The van der Waals surface area contributed by atoms with Gasteiger partial charge in [-0.15, -0.1) is 0 Å². The summed E-state index contributed by atoms with van der Waals surface area (Å²) >= 11 is 0. The van der Waals surface area contributed by atoms with Gasteiger partial charge in [0, 0.05) is 6.26 Å². The Balaban J connectivity index is 2.09. The van der Waals surface area contributed by atoms with E-state index in [0.29, 0.717) is 0 Å². The predicted octanol–water partition coefficient (Wildman–Crippen LogP) is 5.96. The van der Waals surface area contributed by atoms with Crippen molar-refractivity contribution in [2.75, 3.05) is 12.9 Å². The molecule has 1 aliphatic rings.